The van der Waals surface area contributed by atoms with Gasteiger partial charge >= 0.3 is 18.2 Å². The first kappa shape index (κ1) is 24.1. The molecule has 1 aliphatic carbocycles. The maximum absolute atomic E-state index is 13.1. The van der Waals surface area contributed by atoms with E-state index in [9.17, 15) is 36.3 Å². The van der Waals surface area contributed by atoms with Gasteiger partial charge in [0, 0.05) is 23.4 Å². The zero-order valence-electron chi connectivity index (χ0n) is 17.3. The third kappa shape index (κ3) is 4.63. The maximum Gasteiger partial charge on any atom is 0.416 e. The number of sulfone groups is 1. The zero-order chi connectivity index (χ0) is 24.7. The second-order valence-corrected chi connectivity index (χ2v) is 9.78. The lowest BCUT2D eigenvalue weighted by molar-refractivity contribution is -0.137. The van der Waals surface area contributed by atoms with Gasteiger partial charge in [0.05, 0.1) is 34.2 Å². The van der Waals surface area contributed by atoms with Crippen LogP contribution >= 0.6 is 0 Å². The standard InChI is InChI=1S/C21H18F3N3O5S/c1-11-17(19(28)29)18(15-7-6-12(10-25)8-16(15)33(2,31)32)26-20(30)27(11)14-5-3-4-13(9-14)21(22,23)24/h3-9,15-16,18H,1-2H3,(H,26,30)(H,28,29)/t15?,16?,18-/m1/s1. The second-order valence-electron chi connectivity index (χ2n) is 7.58. The number of carbonyl (C=O) groups excluding carboxylic acids is 1. The van der Waals surface area contributed by atoms with Gasteiger partial charge in [-0.25, -0.2) is 18.0 Å². The molecule has 2 N–H and O–H groups in total. The molecule has 0 bridgehead atoms. The fourth-order valence-electron chi connectivity index (χ4n) is 3.93. The number of alkyl halides is 3. The summed E-state index contributed by atoms with van der Waals surface area (Å²) in [5.41, 5.74) is -1.72. The van der Waals surface area contributed by atoms with Crippen LogP contribution in [-0.2, 0) is 20.8 Å². The van der Waals surface area contributed by atoms with Gasteiger partial charge in [0.2, 0.25) is 0 Å². The number of carboxylic acids is 1. The van der Waals surface area contributed by atoms with Crippen LogP contribution in [0, 0.1) is 17.2 Å². The summed E-state index contributed by atoms with van der Waals surface area (Å²) < 4.78 is 64.2. The van der Waals surface area contributed by atoms with Crippen LogP contribution in [0.5, 0.6) is 0 Å². The number of rotatable bonds is 4. The van der Waals surface area contributed by atoms with Crippen molar-refractivity contribution in [1.29, 1.82) is 5.26 Å². The SMILES string of the molecule is CC1=C(C(=O)O)[C@@H](C2C=CC(C#N)=CC2S(C)(=O)=O)NC(=O)N1c1cccc(C(F)(F)F)c1. The minimum Gasteiger partial charge on any atom is -0.478 e. The number of amides is 2. The van der Waals surface area contributed by atoms with Crippen molar-refractivity contribution in [1.82, 2.24) is 5.32 Å². The molecule has 0 saturated heterocycles. The Morgan fingerprint density at radius 3 is 2.52 bits per heavy atom. The van der Waals surface area contributed by atoms with Gasteiger partial charge < -0.3 is 10.4 Å². The molecule has 33 heavy (non-hydrogen) atoms. The Hall–Kier alpha value is -3.59. The van der Waals surface area contributed by atoms with Gasteiger partial charge in [-0.05, 0) is 37.3 Å². The third-order valence-electron chi connectivity index (χ3n) is 5.41. The quantitative estimate of drug-likeness (QED) is 0.681. The Morgan fingerprint density at radius 1 is 1.30 bits per heavy atom. The molecule has 12 heteroatoms. The van der Waals surface area contributed by atoms with E-state index in [2.05, 4.69) is 5.32 Å². The summed E-state index contributed by atoms with van der Waals surface area (Å²) in [7, 11) is -3.82. The van der Waals surface area contributed by atoms with Crippen LogP contribution in [0.15, 0.2) is 59.3 Å². The second kappa shape index (κ2) is 8.40. The minimum absolute atomic E-state index is 0.0620. The van der Waals surface area contributed by atoms with Crippen LogP contribution in [0.25, 0.3) is 0 Å². The van der Waals surface area contributed by atoms with E-state index in [0.29, 0.717) is 6.07 Å². The molecule has 0 fully saturated rings. The number of urea groups is 1. The summed E-state index contributed by atoms with van der Waals surface area (Å²) in [5, 5.41) is 20.1. The molecule has 0 saturated carbocycles. The van der Waals surface area contributed by atoms with E-state index >= 15 is 0 Å². The summed E-state index contributed by atoms with van der Waals surface area (Å²) >= 11 is 0. The molecule has 0 aromatic heterocycles. The van der Waals surface area contributed by atoms with Crippen LogP contribution in [0.1, 0.15) is 12.5 Å². The molecule has 1 aromatic rings. The first-order chi connectivity index (χ1) is 15.3. The number of nitriles is 1. The maximum atomic E-state index is 13.1. The highest BCUT2D eigenvalue weighted by Crippen LogP contribution is 2.36. The van der Waals surface area contributed by atoms with Crippen LogP contribution in [-0.4, -0.2) is 43.1 Å². The molecule has 0 radical (unpaired) electrons. The highest BCUT2D eigenvalue weighted by atomic mass is 32.2. The molecule has 1 heterocycles. The van der Waals surface area contributed by atoms with Gasteiger partial charge in [-0.3, -0.25) is 4.90 Å². The van der Waals surface area contributed by atoms with Crippen LogP contribution in [0.2, 0.25) is 0 Å². The van der Waals surface area contributed by atoms with Crippen LogP contribution < -0.4 is 10.2 Å². The average molecular weight is 481 g/mol. The van der Waals surface area contributed by atoms with Gasteiger partial charge in [0.1, 0.15) is 0 Å². The molecule has 2 aliphatic rings. The van der Waals surface area contributed by atoms with Crippen molar-refractivity contribution in [3.05, 3.63) is 64.9 Å². The summed E-state index contributed by atoms with van der Waals surface area (Å²) in [6.45, 7) is 1.26. The molecule has 1 aromatic carbocycles. The molecule has 8 nitrogen and oxygen atoms in total. The van der Waals surface area contributed by atoms with Gasteiger partial charge in [-0.1, -0.05) is 12.1 Å². The fourth-order valence-corrected chi connectivity index (χ4v) is 5.14. The van der Waals surface area contributed by atoms with E-state index in [0.717, 1.165) is 23.3 Å². The largest absolute Gasteiger partial charge is 0.478 e. The Bertz CT molecular complexity index is 1260. The summed E-state index contributed by atoms with van der Waals surface area (Å²) in [6, 6.07) is 3.42. The van der Waals surface area contributed by atoms with E-state index in [4.69, 9.17) is 5.26 Å². The van der Waals surface area contributed by atoms with Gasteiger partial charge in [-0.15, -0.1) is 0 Å². The number of benzene rings is 1. The van der Waals surface area contributed by atoms with Gasteiger partial charge in [-0.2, -0.15) is 18.4 Å². The Morgan fingerprint density at radius 2 is 1.97 bits per heavy atom. The van der Waals surface area contributed by atoms with E-state index in [1.807, 2.05) is 6.07 Å². The average Bonchev–Trinajstić information content (AvgIpc) is 2.71. The Balaban J connectivity index is 2.14. The highest BCUT2D eigenvalue weighted by Gasteiger charge is 2.44. The van der Waals surface area contributed by atoms with E-state index < -0.39 is 50.8 Å². The molecular weight excluding hydrogens is 463 g/mol. The predicted molar refractivity (Wildman–Crippen MR) is 112 cm³/mol. The molecule has 1 aliphatic heterocycles. The number of carbonyl (C=O) groups is 2. The van der Waals surface area contributed by atoms with Crippen molar-refractivity contribution in [2.75, 3.05) is 11.2 Å². The monoisotopic (exact) mass is 481 g/mol. The van der Waals surface area contributed by atoms with E-state index in [1.54, 1.807) is 0 Å². The number of carboxylic acid groups (broad SMARTS) is 1. The van der Waals surface area contributed by atoms with Crippen LogP contribution in [0.3, 0.4) is 0 Å². The fraction of sp³-hybridized carbons (Fsp3) is 0.286. The minimum atomic E-state index is -4.68. The lowest BCUT2D eigenvalue weighted by Crippen LogP contribution is -2.57. The number of aliphatic carboxylic acids is 1. The van der Waals surface area contributed by atoms with Crippen molar-refractivity contribution >= 4 is 27.5 Å². The van der Waals surface area contributed by atoms with Gasteiger partial charge in [0.15, 0.2) is 9.84 Å². The molecule has 0 spiro atoms. The number of nitrogens with one attached hydrogen (secondary N) is 1. The molecule has 174 valence electrons. The lowest BCUT2D eigenvalue weighted by Gasteiger charge is -2.39. The molecule has 3 rings (SSSR count). The van der Waals surface area contributed by atoms with Crippen molar-refractivity contribution in [3.8, 4) is 6.07 Å². The smallest absolute Gasteiger partial charge is 0.416 e. The van der Waals surface area contributed by atoms with Crippen molar-refractivity contribution in [2.24, 2.45) is 5.92 Å². The lowest BCUT2D eigenvalue weighted by atomic mass is 9.84. The van der Waals surface area contributed by atoms with Crippen molar-refractivity contribution in [2.45, 2.75) is 24.4 Å². The summed E-state index contributed by atoms with van der Waals surface area (Å²) in [6.07, 6.45) is 0.0857. The number of hydrogen-bond donors (Lipinski definition) is 2. The number of halogens is 3. The van der Waals surface area contributed by atoms with E-state index in [-0.39, 0.29) is 22.5 Å². The Labute approximate surface area is 187 Å². The highest BCUT2D eigenvalue weighted by molar-refractivity contribution is 7.91. The topological polar surface area (TPSA) is 128 Å². The first-order valence-corrected chi connectivity index (χ1v) is 11.4. The van der Waals surface area contributed by atoms with Crippen LogP contribution in [0.4, 0.5) is 23.7 Å². The third-order valence-corrected chi connectivity index (χ3v) is 6.85. The molecular formula is C21H18F3N3O5S. The normalized spacial score (nSPS) is 23.6. The molecule has 2 amide bonds. The van der Waals surface area contributed by atoms with Crippen molar-refractivity contribution in [3.63, 3.8) is 0 Å². The van der Waals surface area contributed by atoms with Gasteiger partial charge in [0.25, 0.3) is 0 Å². The number of allylic oxidation sites excluding steroid dienone is 3. The Kier molecular flexibility index (Phi) is 6.12. The zero-order valence-corrected chi connectivity index (χ0v) is 18.1. The number of nitrogens with zero attached hydrogens (tertiary/aromatic N) is 2. The number of hydrogen-bond acceptors (Lipinski definition) is 5. The van der Waals surface area contributed by atoms with E-state index in [1.165, 1.54) is 31.2 Å². The predicted octanol–water partition coefficient (Wildman–Crippen LogP) is 3.01. The first-order valence-electron chi connectivity index (χ1n) is 9.46. The molecule has 2 unspecified atom stereocenters. The summed E-state index contributed by atoms with van der Waals surface area (Å²) in [4.78, 5) is 25.9. The number of anilines is 1. The van der Waals surface area contributed by atoms with Crippen molar-refractivity contribution < 1.29 is 36.3 Å². The summed E-state index contributed by atoms with van der Waals surface area (Å²) in [5.74, 6) is -2.55. The molecule has 3 atom stereocenters.